The summed E-state index contributed by atoms with van der Waals surface area (Å²) in [6.45, 7) is 2.86. The van der Waals surface area contributed by atoms with Gasteiger partial charge in [-0.05, 0) is 104 Å². The van der Waals surface area contributed by atoms with Crippen LogP contribution in [0.25, 0.3) is 0 Å². The number of carboxylic acids is 2. The minimum atomic E-state index is -1.17. The van der Waals surface area contributed by atoms with Crippen molar-refractivity contribution in [1.29, 1.82) is 0 Å². The number of methoxy groups -OCH3 is 10. The van der Waals surface area contributed by atoms with Crippen LogP contribution in [0.4, 0.5) is 0 Å². The van der Waals surface area contributed by atoms with Gasteiger partial charge in [-0.1, -0.05) is 0 Å². The highest BCUT2D eigenvalue weighted by molar-refractivity contribution is 5.75. The Morgan fingerprint density at radius 2 is 0.918 bits per heavy atom. The largest absolute Gasteiger partial charge is 1.00 e. The number of hydrogen-bond acceptors (Lipinski definition) is 12. The lowest BCUT2D eigenvalue weighted by Crippen LogP contribution is -3.00. The lowest BCUT2D eigenvalue weighted by Gasteiger charge is -2.47. The minimum absolute atomic E-state index is 0. The lowest BCUT2D eigenvalue weighted by atomic mass is 9.74. The standard InChI is InChI=1S/C55H74N2O14.2ClH/c1-56(24-17-36-29-42(62-3)44(64-5)33-39(36)41(56)26-35-27-46(66-7)52(70-11)47(28-35)67-8)22-14-20-55(54(60)61,19-13-16-50(58)59)21-15-23-57(2)25-18-37-30-43(63-4)45(65-6)34-40(37)51(57)38-31-48(68-9)53(71-12)49(32-38)69-10;;/h27-34,41,51H,13-26H2,1-12H3;2*1H/t41-,51+,55?,56+,57-;;/m1../s1. The Kier molecular flexibility index (Phi) is 21.3. The van der Waals surface area contributed by atoms with E-state index in [1.54, 1.807) is 71.1 Å². The van der Waals surface area contributed by atoms with E-state index in [2.05, 4.69) is 32.3 Å². The zero-order chi connectivity index (χ0) is 51.7. The van der Waals surface area contributed by atoms with Crippen LogP contribution in [0.2, 0.25) is 0 Å². The van der Waals surface area contributed by atoms with Gasteiger partial charge in [0.2, 0.25) is 11.5 Å². The molecule has 0 bridgehead atoms. The second-order valence-corrected chi connectivity index (χ2v) is 19.3. The van der Waals surface area contributed by atoms with Gasteiger partial charge in [-0.15, -0.1) is 0 Å². The molecule has 2 heterocycles. The van der Waals surface area contributed by atoms with E-state index in [4.69, 9.17) is 47.4 Å². The SMILES string of the molecule is COc1cc2c(cc1OC)[C@H](c1cc(OC)c(OC)c(OC)c1)[N@+](C)(CCCC(CCCC(=O)O)(CCC[N@@+]1(C)CCc3cc(OC)c(OC)cc3[C@H]1Cc1cc(OC)c(OC)c(OC)c1)C(=O)O)CC2.[Cl-].[Cl-]. The summed E-state index contributed by atoms with van der Waals surface area (Å²) in [6, 6.07) is 15.9. The number of likely N-dealkylation sites (N-methyl/N-ethyl adjacent to an activating group) is 2. The Bertz CT molecular complexity index is 2480. The molecular weight excluding hydrogens is 984 g/mol. The number of hydrogen-bond donors (Lipinski definition) is 2. The topological polar surface area (TPSA) is 167 Å². The van der Waals surface area contributed by atoms with Crippen LogP contribution in [-0.4, -0.2) is 142 Å². The van der Waals surface area contributed by atoms with Gasteiger partial charge in [-0.3, -0.25) is 9.59 Å². The van der Waals surface area contributed by atoms with Gasteiger partial charge >= 0.3 is 11.9 Å². The summed E-state index contributed by atoms with van der Waals surface area (Å²) in [5.74, 6) is 3.90. The van der Waals surface area contributed by atoms with Gasteiger partial charge in [-0.2, -0.15) is 0 Å². The molecule has 1 unspecified atom stereocenters. The molecule has 4 aromatic carbocycles. The van der Waals surface area contributed by atoms with Gasteiger partial charge in [0.05, 0.1) is 117 Å². The Morgan fingerprint density at radius 3 is 1.36 bits per heavy atom. The van der Waals surface area contributed by atoms with Crippen LogP contribution in [0.1, 0.15) is 90.4 Å². The molecule has 0 radical (unpaired) electrons. The van der Waals surface area contributed by atoms with Crippen molar-refractivity contribution in [2.75, 3.05) is 111 Å². The summed E-state index contributed by atoms with van der Waals surface area (Å²) in [7, 11) is 20.6. The third-order valence-corrected chi connectivity index (χ3v) is 15.4. The van der Waals surface area contributed by atoms with Crippen LogP contribution >= 0.6 is 0 Å². The maximum atomic E-state index is 13.9. The molecule has 0 saturated carbocycles. The number of nitrogens with zero attached hydrogens (tertiary/aromatic N) is 2. The Balaban J connectivity index is 0.00000578. The number of carbonyl (C=O) groups is 2. The number of fused-ring (bicyclic) bond motifs is 2. The summed E-state index contributed by atoms with van der Waals surface area (Å²) >= 11 is 0. The number of benzene rings is 4. The molecule has 73 heavy (non-hydrogen) atoms. The molecule has 2 aliphatic heterocycles. The Morgan fingerprint density at radius 1 is 0.521 bits per heavy atom. The summed E-state index contributed by atoms with van der Waals surface area (Å²) in [4.78, 5) is 25.8. The molecule has 18 heteroatoms. The quantitative estimate of drug-likeness (QED) is 0.0883. The molecule has 2 N–H and O–H groups in total. The molecule has 0 amide bonds. The molecule has 0 aromatic heterocycles. The molecule has 0 saturated heterocycles. The summed E-state index contributed by atoms with van der Waals surface area (Å²) < 4.78 is 59.0. The Labute approximate surface area is 443 Å². The lowest BCUT2D eigenvalue weighted by molar-refractivity contribution is -0.941. The molecule has 4 aromatic rings. The third-order valence-electron chi connectivity index (χ3n) is 15.4. The van der Waals surface area contributed by atoms with Crippen LogP contribution in [0.15, 0.2) is 48.5 Å². The van der Waals surface area contributed by atoms with Crippen molar-refractivity contribution in [2.24, 2.45) is 5.41 Å². The van der Waals surface area contributed by atoms with Gasteiger partial charge < -0.3 is 91.4 Å². The first-order valence-corrected chi connectivity index (χ1v) is 24.3. The second kappa shape index (κ2) is 26.0. The number of quaternary nitrogens is 2. The first kappa shape index (κ1) is 59.9. The van der Waals surface area contributed by atoms with E-state index < -0.39 is 17.4 Å². The van der Waals surface area contributed by atoms with Crippen LogP contribution in [0.3, 0.4) is 0 Å². The van der Waals surface area contributed by atoms with E-state index in [0.717, 1.165) is 53.7 Å². The first-order valence-electron chi connectivity index (χ1n) is 24.3. The zero-order valence-electron chi connectivity index (χ0n) is 44.6. The average molecular weight is 1060 g/mol. The van der Waals surface area contributed by atoms with E-state index in [0.29, 0.717) is 112 Å². The van der Waals surface area contributed by atoms with Gasteiger partial charge in [0, 0.05) is 42.4 Å². The predicted octanol–water partition coefficient (Wildman–Crippen LogP) is 2.75. The van der Waals surface area contributed by atoms with Crippen LogP contribution < -0.4 is 72.2 Å². The summed E-state index contributed by atoms with van der Waals surface area (Å²) in [5, 5.41) is 21.1. The molecule has 6 rings (SSSR count). The van der Waals surface area contributed by atoms with Gasteiger partial charge in [0.1, 0.15) is 12.1 Å². The van der Waals surface area contributed by atoms with Crippen LogP contribution in [-0.2, 0) is 28.9 Å². The Hall–Kier alpha value is -5.68. The minimum Gasteiger partial charge on any atom is -1.00 e. The molecule has 16 nitrogen and oxygen atoms in total. The molecule has 0 spiro atoms. The molecule has 0 aliphatic carbocycles. The maximum Gasteiger partial charge on any atom is 0.309 e. The van der Waals surface area contributed by atoms with E-state index in [9.17, 15) is 19.8 Å². The van der Waals surface area contributed by atoms with Crippen LogP contribution in [0.5, 0.6) is 57.5 Å². The van der Waals surface area contributed by atoms with Gasteiger partial charge in [0.25, 0.3) is 0 Å². The fraction of sp³-hybridized carbons (Fsp3) is 0.527. The average Bonchev–Trinajstić information content (AvgIpc) is 3.37. The normalized spacial score (nSPS) is 19.5. The van der Waals surface area contributed by atoms with Crippen LogP contribution in [0, 0.1) is 5.41 Å². The van der Waals surface area contributed by atoms with Crippen molar-refractivity contribution in [2.45, 2.75) is 76.3 Å². The van der Waals surface area contributed by atoms with E-state index >= 15 is 0 Å². The van der Waals surface area contributed by atoms with Crippen molar-refractivity contribution < 1.29 is 101 Å². The van der Waals surface area contributed by atoms with E-state index in [1.807, 2.05) is 30.3 Å². The summed E-state index contributed by atoms with van der Waals surface area (Å²) in [5.41, 5.74) is 5.26. The number of carboxylic acid groups (broad SMARTS) is 2. The zero-order valence-corrected chi connectivity index (χ0v) is 46.1. The number of ether oxygens (including phenoxy) is 10. The molecule has 0 fully saturated rings. The maximum absolute atomic E-state index is 13.9. The fourth-order valence-electron chi connectivity index (χ4n) is 11.5. The van der Waals surface area contributed by atoms with Crippen molar-refractivity contribution in [3.05, 3.63) is 81.9 Å². The van der Waals surface area contributed by atoms with Crippen molar-refractivity contribution >= 4 is 11.9 Å². The van der Waals surface area contributed by atoms with E-state index in [-0.39, 0.29) is 56.2 Å². The van der Waals surface area contributed by atoms with Gasteiger partial charge in [-0.25, -0.2) is 0 Å². The third kappa shape index (κ3) is 12.6. The molecular formula is C55H76Cl2N2O14. The van der Waals surface area contributed by atoms with E-state index in [1.165, 1.54) is 5.56 Å². The fourth-order valence-corrected chi connectivity index (χ4v) is 11.5. The first-order chi connectivity index (χ1) is 34.0. The van der Waals surface area contributed by atoms with Gasteiger partial charge in [0.15, 0.2) is 46.0 Å². The van der Waals surface area contributed by atoms with Crippen molar-refractivity contribution in [1.82, 2.24) is 0 Å². The highest BCUT2D eigenvalue weighted by atomic mass is 35.5. The molecule has 5 atom stereocenters. The number of rotatable bonds is 26. The number of aliphatic carboxylic acids is 2. The monoisotopic (exact) mass is 1060 g/mol. The van der Waals surface area contributed by atoms with Crippen molar-refractivity contribution in [3.8, 4) is 57.5 Å². The molecule has 404 valence electrons. The highest BCUT2D eigenvalue weighted by Gasteiger charge is 2.45. The smallest absolute Gasteiger partial charge is 0.309 e. The highest BCUT2D eigenvalue weighted by Crippen LogP contribution is 2.50. The predicted molar refractivity (Wildman–Crippen MR) is 269 cm³/mol. The number of halogens is 2. The second-order valence-electron chi connectivity index (χ2n) is 19.3. The van der Waals surface area contributed by atoms with Crippen molar-refractivity contribution in [3.63, 3.8) is 0 Å². The summed E-state index contributed by atoms with van der Waals surface area (Å²) in [6.07, 6.45) is 4.46. The molecule has 2 aliphatic rings.